The predicted octanol–water partition coefficient (Wildman–Crippen LogP) is 4.72. The maximum atomic E-state index is 16.1. The van der Waals surface area contributed by atoms with Gasteiger partial charge in [0.05, 0.1) is 23.7 Å². The number of piperidine rings is 3. The number of carbonyl (C=O) groups excluding carboxylic acids is 4. The van der Waals surface area contributed by atoms with Crippen LogP contribution in [0.5, 0.6) is 5.75 Å². The normalized spacial score (nSPS) is 21.0. The number of likely N-dealkylation sites (N-methyl/N-ethyl adjacent to an activating group) is 1. The van der Waals surface area contributed by atoms with Gasteiger partial charge in [-0.15, -0.1) is 0 Å². The first-order valence-electron chi connectivity index (χ1n) is 21.8. The van der Waals surface area contributed by atoms with Gasteiger partial charge in [-0.2, -0.15) is 4.98 Å². The van der Waals surface area contributed by atoms with E-state index < -0.39 is 29.8 Å². The van der Waals surface area contributed by atoms with E-state index in [0.717, 1.165) is 24.8 Å². The molecule has 19 heteroatoms. The minimum absolute atomic E-state index is 0.0667. The lowest BCUT2D eigenvalue weighted by atomic mass is 9.68. The number of alkyl halides is 2. The monoisotopic (exact) mass is 900 g/mol. The Morgan fingerprint density at radius 2 is 1.78 bits per heavy atom. The molecule has 1 spiro atoms. The number of rotatable bonds is 11. The highest BCUT2D eigenvalue weighted by Crippen LogP contribution is 2.51. The summed E-state index contributed by atoms with van der Waals surface area (Å²) in [7, 11) is 1.50. The van der Waals surface area contributed by atoms with Crippen molar-refractivity contribution in [3.63, 3.8) is 0 Å². The number of anilines is 4. The highest BCUT2D eigenvalue weighted by Gasteiger charge is 2.62. The molecule has 0 saturated carbocycles. The van der Waals surface area contributed by atoms with Crippen LogP contribution in [0.2, 0.25) is 5.02 Å². The molecular formula is C45H51ClF2N10O6. The summed E-state index contributed by atoms with van der Waals surface area (Å²) in [5.74, 6) is -3.04. The topological polar surface area (TPSA) is 174 Å². The van der Waals surface area contributed by atoms with E-state index in [1.165, 1.54) is 11.9 Å². The number of nitrogens with zero attached hydrogens (tertiary/aromatic N) is 7. The first-order valence-corrected chi connectivity index (χ1v) is 22.2. The minimum Gasteiger partial charge on any atom is -0.478 e. The summed E-state index contributed by atoms with van der Waals surface area (Å²) >= 11 is 6.58. The van der Waals surface area contributed by atoms with E-state index in [1.54, 1.807) is 39.9 Å². The number of ether oxygens (including phenoxy) is 1. The standard InChI is InChI=1S/C45H51ClF2N10O6/c1-26(2)58-34-7-4-30(16-28(34)18-36(42(58)63)64-22-38(60)49-3)51-39-33(46)19-50-43(53-39)55-13-10-27(11-14-55)20-54-23-44(24-54)12-15-56(25-45(44,47)48)31-5-6-32-29(17-31)21-57(41(32)62)35-8-9-37(59)52-40(35)61/h4-7,16-19,26-27,35H,8-15,20-25H2,1-3H3,(H,49,60)(H,50,51,53)(H,52,59,61). The number of nitrogens with one attached hydrogen (secondary N) is 3. The lowest BCUT2D eigenvalue weighted by molar-refractivity contribution is -0.200. The number of amides is 4. The third-order valence-corrected chi connectivity index (χ3v) is 13.8. The molecule has 9 rings (SSSR count). The zero-order chi connectivity index (χ0) is 45.1. The first-order chi connectivity index (χ1) is 30.6. The molecule has 7 heterocycles. The van der Waals surface area contributed by atoms with Gasteiger partial charge in [0.15, 0.2) is 18.2 Å². The lowest BCUT2D eigenvalue weighted by Gasteiger charge is -2.58. The second-order valence-corrected chi connectivity index (χ2v) is 18.4. The minimum atomic E-state index is -2.91. The maximum Gasteiger partial charge on any atom is 0.293 e. The van der Waals surface area contributed by atoms with Crippen LogP contribution in [0.25, 0.3) is 10.9 Å². The molecule has 16 nitrogen and oxygen atoms in total. The highest BCUT2D eigenvalue weighted by molar-refractivity contribution is 6.33. The van der Waals surface area contributed by atoms with E-state index in [4.69, 9.17) is 21.3 Å². The summed E-state index contributed by atoms with van der Waals surface area (Å²) in [6.45, 7) is 6.63. The van der Waals surface area contributed by atoms with Gasteiger partial charge in [-0.25, -0.2) is 13.8 Å². The zero-order valence-corrected chi connectivity index (χ0v) is 36.7. The Morgan fingerprint density at radius 3 is 2.50 bits per heavy atom. The number of hydrogen-bond donors (Lipinski definition) is 3. The Balaban J connectivity index is 0.782. The van der Waals surface area contributed by atoms with Crippen molar-refractivity contribution < 1.29 is 32.7 Å². The Kier molecular flexibility index (Phi) is 11.5. The van der Waals surface area contributed by atoms with Gasteiger partial charge in [0.25, 0.3) is 23.3 Å². The van der Waals surface area contributed by atoms with Crippen LogP contribution in [0, 0.1) is 11.3 Å². The van der Waals surface area contributed by atoms with Gasteiger partial charge >= 0.3 is 0 Å². The van der Waals surface area contributed by atoms with Crippen molar-refractivity contribution in [3.05, 3.63) is 75.2 Å². The number of carbonyl (C=O) groups is 4. The summed E-state index contributed by atoms with van der Waals surface area (Å²) < 4.78 is 39.4. The summed E-state index contributed by atoms with van der Waals surface area (Å²) in [6, 6.07) is 11.4. The molecular weight excluding hydrogens is 850 g/mol. The van der Waals surface area contributed by atoms with E-state index in [0.29, 0.717) is 89.9 Å². The van der Waals surface area contributed by atoms with Crippen LogP contribution in [-0.2, 0) is 20.9 Å². The molecule has 64 heavy (non-hydrogen) atoms. The van der Waals surface area contributed by atoms with E-state index in [1.807, 2.05) is 32.0 Å². The Bertz CT molecular complexity index is 2590. The molecule has 4 aromatic rings. The fourth-order valence-electron chi connectivity index (χ4n) is 9.97. The number of likely N-dealkylation sites (tertiary alicyclic amines) is 1. The molecule has 1 atom stereocenters. The van der Waals surface area contributed by atoms with Crippen molar-refractivity contribution in [1.82, 2.24) is 35.0 Å². The van der Waals surface area contributed by atoms with Crippen molar-refractivity contribution in [1.29, 1.82) is 0 Å². The molecule has 2 aromatic heterocycles. The second kappa shape index (κ2) is 16.9. The molecule has 4 fully saturated rings. The molecule has 1 unspecified atom stereocenters. The molecule has 4 saturated heterocycles. The quantitative estimate of drug-likeness (QED) is 0.177. The molecule has 338 valence electrons. The molecule has 5 aliphatic rings. The van der Waals surface area contributed by atoms with Crippen molar-refractivity contribution >= 4 is 69.3 Å². The van der Waals surface area contributed by atoms with Crippen molar-refractivity contribution in [2.75, 3.05) is 74.6 Å². The third kappa shape index (κ3) is 8.10. The van der Waals surface area contributed by atoms with Crippen molar-refractivity contribution in [2.24, 2.45) is 11.3 Å². The van der Waals surface area contributed by atoms with E-state index in [-0.39, 0.29) is 61.1 Å². The van der Waals surface area contributed by atoms with Crippen LogP contribution in [-0.4, -0.2) is 119 Å². The zero-order valence-electron chi connectivity index (χ0n) is 36.0. The number of halogens is 3. The number of benzene rings is 2. The van der Waals surface area contributed by atoms with Crippen LogP contribution in [0.15, 0.2) is 53.5 Å². The first kappa shape index (κ1) is 43.4. The number of hydrogen-bond acceptors (Lipinski definition) is 12. The van der Waals surface area contributed by atoms with E-state index in [2.05, 4.69) is 30.7 Å². The fraction of sp³-hybridized carbons (Fsp3) is 0.489. The molecule has 5 aliphatic heterocycles. The van der Waals surface area contributed by atoms with Gasteiger partial charge in [-0.05, 0) is 93.5 Å². The van der Waals surface area contributed by atoms with Gasteiger partial charge in [0, 0.05) is 87.6 Å². The number of fused-ring (bicyclic) bond motifs is 2. The third-order valence-electron chi connectivity index (χ3n) is 13.5. The van der Waals surface area contributed by atoms with Crippen LogP contribution in [0.3, 0.4) is 0 Å². The SMILES string of the molecule is CNC(=O)COc1cc2cc(Nc3nc(N4CCC(CN5CC6(CCN(c7ccc8c(c7)CN(C7CCC(=O)NC7=O)C8=O)CC6(F)F)C5)CC4)ncc3Cl)ccc2n(C(C)C)c1=O. The second-order valence-electron chi connectivity index (χ2n) is 18.0. The average molecular weight is 901 g/mol. The molecule has 0 bridgehead atoms. The summed E-state index contributed by atoms with van der Waals surface area (Å²) in [6.07, 6.45) is 4.05. The molecule has 3 N–H and O–H groups in total. The highest BCUT2D eigenvalue weighted by atomic mass is 35.5. The number of pyridine rings is 1. The van der Waals surface area contributed by atoms with Gasteiger partial charge in [-0.1, -0.05) is 11.6 Å². The Morgan fingerprint density at radius 1 is 1.00 bits per heavy atom. The van der Waals surface area contributed by atoms with E-state index >= 15 is 8.78 Å². The van der Waals surface area contributed by atoms with Crippen LogP contribution < -0.4 is 36.0 Å². The van der Waals surface area contributed by atoms with E-state index in [9.17, 15) is 24.0 Å². The average Bonchev–Trinajstić information content (AvgIpc) is 3.58. The number of imide groups is 1. The van der Waals surface area contributed by atoms with Crippen molar-refractivity contribution in [2.45, 2.75) is 70.5 Å². The lowest BCUT2D eigenvalue weighted by Crippen LogP contribution is -2.70. The molecule has 4 amide bonds. The van der Waals surface area contributed by atoms with Gasteiger partial charge in [0.2, 0.25) is 17.8 Å². The van der Waals surface area contributed by atoms with Gasteiger partial charge in [0.1, 0.15) is 11.1 Å². The summed E-state index contributed by atoms with van der Waals surface area (Å²) in [4.78, 5) is 79.1. The summed E-state index contributed by atoms with van der Waals surface area (Å²) in [5.41, 5.74) is 1.76. The van der Waals surface area contributed by atoms with Crippen LogP contribution in [0.1, 0.15) is 67.9 Å². The fourth-order valence-corrected chi connectivity index (χ4v) is 10.1. The van der Waals surface area contributed by atoms with Gasteiger partial charge < -0.3 is 39.5 Å². The molecule has 0 aliphatic carbocycles. The molecule has 2 aromatic carbocycles. The predicted molar refractivity (Wildman–Crippen MR) is 237 cm³/mol. The van der Waals surface area contributed by atoms with Crippen LogP contribution >= 0.6 is 11.6 Å². The smallest absolute Gasteiger partial charge is 0.293 e. The van der Waals surface area contributed by atoms with Gasteiger partial charge in [-0.3, -0.25) is 29.3 Å². The maximum absolute atomic E-state index is 16.1. The summed E-state index contributed by atoms with van der Waals surface area (Å²) in [5, 5.41) is 9.15. The Hall–Kier alpha value is -5.88. The largest absolute Gasteiger partial charge is 0.478 e. The number of aromatic nitrogens is 3. The Labute approximate surface area is 373 Å². The molecule has 0 radical (unpaired) electrons. The van der Waals surface area contributed by atoms with Crippen molar-refractivity contribution in [3.8, 4) is 5.75 Å². The van der Waals surface area contributed by atoms with Crippen LogP contribution in [0.4, 0.5) is 31.9 Å².